The van der Waals surface area contributed by atoms with Gasteiger partial charge in [0.2, 0.25) is 5.91 Å². The molecule has 1 aliphatic heterocycles. The largest absolute Gasteiger partial charge is 0.506 e. The first-order chi connectivity index (χ1) is 14.6. The van der Waals surface area contributed by atoms with E-state index >= 15 is 0 Å². The highest BCUT2D eigenvalue weighted by Gasteiger charge is 2.32. The standard InChI is InChI=1S/C21H24Cl2N4O4/c1-27(13-21(31)25-17-11-15(23)3-5-19(17)29)8-6-26(7-9-27)12-20(30)24-16-10-14(22)2-4-18(16)28/h2-5,10-11H,6-9,12-13H2,1H3,(H3-,24,25,28,29,30,31)/p+1. The van der Waals surface area contributed by atoms with E-state index in [0.29, 0.717) is 40.7 Å². The Balaban J connectivity index is 1.48. The maximum atomic E-state index is 12.5. The van der Waals surface area contributed by atoms with Crippen LogP contribution >= 0.6 is 23.2 Å². The Labute approximate surface area is 190 Å². The summed E-state index contributed by atoms with van der Waals surface area (Å²) in [6, 6.07) is 8.94. The van der Waals surface area contributed by atoms with E-state index in [1.807, 2.05) is 11.9 Å². The quantitative estimate of drug-likeness (QED) is 0.386. The van der Waals surface area contributed by atoms with Crippen molar-refractivity contribution in [2.24, 2.45) is 0 Å². The van der Waals surface area contributed by atoms with Gasteiger partial charge in [0.05, 0.1) is 38.1 Å². The van der Waals surface area contributed by atoms with Crippen molar-refractivity contribution in [2.45, 2.75) is 0 Å². The minimum Gasteiger partial charge on any atom is -0.506 e. The Morgan fingerprint density at radius 1 is 0.935 bits per heavy atom. The summed E-state index contributed by atoms with van der Waals surface area (Å²) in [5.41, 5.74) is 0.555. The van der Waals surface area contributed by atoms with Crippen molar-refractivity contribution in [2.75, 3.05) is 56.9 Å². The number of carbonyl (C=O) groups excluding carboxylic acids is 2. The second kappa shape index (κ2) is 9.74. The van der Waals surface area contributed by atoms with Gasteiger partial charge in [-0.1, -0.05) is 23.2 Å². The van der Waals surface area contributed by atoms with Crippen LogP contribution in [0.2, 0.25) is 10.0 Å². The van der Waals surface area contributed by atoms with Crippen LogP contribution in [-0.2, 0) is 9.59 Å². The van der Waals surface area contributed by atoms with E-state index in [1.54, 1.807) is 12.1 Å². The van der Waals surface area contributed by atoms with E-state index in [-0.39, 0.29) is 47.8 Å². The number of piperazine rings is 1. The SMILES string of the molecule is C[N+]1(CC(=O)Nc2cc(Cl)ccc2O)CCN(CC(=O)Nc2cc(Cl)ccc2O)CC1. The number of anilines is 2. The van der Waals surface area contributed by atoms with Crippen molar-refractivity contribution in [3.05, 3.63) is 46.4 Å². The average molecular weight is 468 g/mol. The molecule has 2 aromatic rings. The van der Waals surface area contributed by atoms with Crippen LogP contribution in [0, 0.1) is 0 Å². The number of hydrogen-bond acceptors (Lipinski definition) is 5. The van der Waals surface area contributed by atoms with Gasteiger partial charge in [-0.05, 0) is 36.4 Å². The lowest BCUT2D eigenvalue weighted by Gasteiger charge is -2.41. The summed E-state index contributed by atoms with van der Waals surface area (Å²) in [5.74, 6) is -0.551. The molecule has 0 aromatic heterocycles. The summed E-state index contributed by atoms with van der Waals surface area (Å²) in [7, 11) is 1.98. The molecule has 2 aromatic carbocycles. The summed E-state index contributed by atoms with van der Waals surface area (Å²) < 4.78 is 0.514. The van der Waals surface area contributed by atoms with Crippen LogP contribution in [-0.4, -0.2) is 77.7 Å². The molecule has 1 aliphatic rings. The molecule has 0 radical (unpaired) electrons. The number of carbonyl (C=O) groups is 2. The number of nitrogens with zero attached hydrogens (tertiary/aromatic N) is 2. The molecular weight excluding hydrogens is 443 g/mol. The number of rotatable bonds is 6. The molecule has 0 saturated carbocycles. The number of amides is 2. The molecule has 31 heavy (non-hydrogen) atoms. The highest BCUT2D eigenvalue weighted by Crippen LogP contribution is 2.27. The summed E-state index contributed by atoms with van der Waals surface area (Å²) in [4.78, 5) is 26.8. The highest BCUT2D eigenvalue weighted by atomic mass is 35.5. The number of halogens is 2. The normalized spacial score (nSPS) is 16.0. The van der Waals surface area contributed by atoms with Crippen LogP contribution in [0.3, 0.4) is 0 Å². The summed E-state index contributed by atoms with van der Waals surface area (Å²) in [5, 5.41) is 25.9. The van der Waals surface area contributed by atoms with E-state index in [2.05, 4.69) is 10.6 Å². The molecule has 0 aliphatic carbocycles. The molecule has 0 unspecified atom stereocenters. The van der Waals surface area contributed by atoms with Crippen LogP contribution in [0.15, 0.2) is 36.4 Å². The van der Waals surface area contributed by atoms with Crippen LogP contribution in [0.4, 0.5) is 11.4 Å². The summed E-state index contributed by atoms with van der Waals surface area (Å²) in [6.45, 7) is 3.06. The van der Waals surface area contributed by atoms with Crippen molar-refractivity contribution in [3.8, 4) is 11.5 Å². The van der Waals surface area contributed by atoms with Gasteiger partial charge >= 0.3 is 0 Å². The minimum atomic E-state index is -0.247. The molecule has 0 bridgehead atoms. The minimum absolute atomic E-state index is 0.0398. The maximum absolute atomic E-state index is 12.5. The number of benzene rings is 2. The summed E-state index contributed by atoms with van der Waals surface area (Å²) in [6.07, 6.45) is 0. The third-order valence-electron chi connectivity index (χ3n) is 5.27. The molecule has 8 nitrogen and oxygen atoms in total. The lowest BCUT2D eigenvalue weighted by molar-refractivity contribution is -0.905. The van der Waals surface area contributed by atoms with Gasteiger partial charge in [-0.25, -0.2) is 0 Å². The van der Waals surface area contributed by atoms with Crippen molar-refractivity contribution in [1.29, 1.82) is 0 Å². The van der Waals surface area contributed by atoms with Crippen LogP contribution in [0.25, 0.3) is 0 Å². The topological polar surface area (TPSA) is 102 Å². The fourth-order valence-corrected chi connectivity index (χ4v) is 3.80. The Morgan fingerprint density at radius 3 is 1.94 bits per heavy atom. The van der Waals surface area contributed by atoms with Crippen LogP contribution in [0.1, 0.15) is 0 Å². The van der Waals surface area contributed by atoms with E-state index in [4.69, 9.17) is 23.2 Å². The summed E-state index contributed by atoms with van der Waals surface area (Å²) >= 11 is 11.8. The van der Waals surface area contributed by atoms with E-state index < -0.39 is 0 Å². The second-order valence-electron chi connectivity index (χ2n) is 7.92. The lowest BCUT2D eigenvalue weighted by atomic mass is 10.2. The van der Waals surface area contributed by atoms with Crippen LogP contribution in [0.5, 0.6) is 11.5 Å². The van der Waals surface area contributed by atoms with Crippen molar-refractivity contribution in [1.82, 2.24) is 4.90 Å². The number of nitrogens with one attached hydrogen (secondary N) is 2. The van der Waals surface area contributed by atoms with Gasteiger partial charge in [-0.3, -0.25) is 14.5 Å². The molecule has 4 N–H and O–H groups in total. The first-order valence-electron chi connectivity index (χ1n) is 9.76. The predicted molar refractivity (Wildman–Crippen MR) is 121 cm³/mol. The van der Waals surface area contributed by atoms with E-state index in [0.717, 1.165) is 0 Å². The van der Waals surface area contributed by atoms with Gasteiger partial charge in [0, 0.05) is 23.1 Å². The zero-order chi connectivity index (χ0) is 22.6. The molecule has 3 rings (SSSR count). The van der Waals surface area contributed by atoms with Gasteiger partial charge in [-0.15, -0.1) is 0 Å². The van der Waals surface area contributed by atoms with Gasteiger partial charge in [0.25, 0.3) is 5.91 Å². The zero-order valence-corrected chi connectivity index (χ0v) is 18.6. The number of aromatic hydroxyl groups is 2. The van der Waals surface area contributed by atoms with Gasteiger partial charge in [0.1, 0.15) is 11.5 Å². The number of hydrogen-bond donors (Lipinski definition) is 4. The third-order valence-corrected chi connectivity index (χ3v) is 5.74. The second-order valence-corrected chi connectivity index (χ2v) is 8.79. The van der Waals surface area contributed by atoms with Crippen molar-refractivity contribution < 1.29 is 24.3 Å². The van der Waals surface area contributed by atoms with Gasteiger partial charge in [-0.2, -0.15) is 0 Å². The first kappa shape index (κ1) is 23.1. The maximum Gasteiger partial charge on any atom is 0.279 e. The molecule has 1 heterocycles. The average Bonchev–Trinajstić information content (AvgIpc) is 2.69. The Kier molecular flexibility index (Phi) is 7.27. The van der Waals surface area contributed by atoms with E-state index in [1.165, 1.54) is 24.3 Å². The molecule has 10 heteroatoms. The molecule has 0 atom stereocenters. The molecule has 1 saturated heterocycles. The first-order valence-corrected chi connectivity index (χ1v) is 10.5. The fraction of sp³-hybridized carbons (Fsp3) is 0.333. The molecule has 166 valence electrons. The third kappa shape index (κ3) is 6.48. The zero-order valence-electron chi connectivity index (χ0n) is 17.1. The number of quaternary nitrogens is 1. The molecule has 0 spiro atoms. The Morgan fingerprint density at radius 2 is 1.42 bits per heavy atom. The van der Waals surface area contributed by atoms with Gasteiger partial charge in [0.15, 0.2) is 6.54 Å². The molecule has 2 amide bonds. The van der Waals surface area contributed by atoms with Gasteiger partial charge < -0.3 is 25.3 Å². The molecular formula is C21H25Cl2N4O4+. The number of phenolic OH excluding ortho intramolecular Hbond substituents is 2. The number of phenols is 2. The Bertz CT molecular complexity index is 978. The number of likely N-dealkylation sites (N-methyl/N-ethyl adjacent to an activating group) is 1. The lowest BCUT2D eigenvalue weighted by Crippen LogP contribution is -2.60. The Hall–Kier alpha value is -2.52. The highest BCUT2D eigenvalue weighted by molar-refractivity contribution is 6.31. The monoisotopic (exact) mass is 467 g/mol. The van der Waals surface area contributed by atoms with E-state index in [9.17, 15) is 19.8 Å². The van der Waals surface area contributed by atoms with Crippen molar-refractivity contribution >= 4 is 46.4 Å². The fourth-order valence-electron chi connectivity index (χ4n) is 3.45. The molecule has 1 fully saturated rings. The van der Waals surface area contributed by atoms with Crippen LogP contribution < -0.4 is 10.6 Å². The van der Waals surface area contributed by atoms with Crippen molar-refractivity contribution in [3.63, 3.8) is 0 Å². The smallest absolute Gasteiger partial charge is 0.279 e. The predicted octanol–water partition coefficient (Wildman–Crippen LogP) is 2.74.